The van der Waals surface area contributed by atoms with Crippen molar-refractivity contribution in [2.45, 2.75) is 37.7 Å². The van der Waals surface area contributed by atoms with Crippen LogP contribution in [0.4, 0.5) is 0 Å². The second-order valence-electron chi connectivity index (χ2n) is 6.92. The molecule has 0 unspecified atom stereocenters. The number of aliphatic hydroxyl groups excluding tert-OH is 1. The maximum Gasteiger partial charge on any atom is 0.104 e. The van der Waals surface area contributed by atoms with Gasteiger partial charge in [0.1, 0.15) is 11.3 Å². The third-order valence-corrected chi connectivity index (χ3v) is 6.36. The summed E-state index contributed by atoms with van der Waals surface area (Å²) in [6, 6.07) is 0. The average Bonchev–Trinajstić information content (AvgIpc) is 2.37. The van der Waals surface area contributed by atoms with Gasteiger partial charge in [0.15, 0.2) is 0 Å². The van der Waals surface area contributed by atoms with Gasteiger partial charge < -0.3 is 5.11 Å². The van der Waals surface area contributed by atoms with Crippen LogP contribution >= 0.6 is 0 Å². The van der Waals surface area contributed by atoms with Crippen molar-refractivity contribution in [2.24, 2.45) is 0 Å². The molecule has 4 aliphatic heterocycles. The van der Waals surface area contributed by atoms with Crippen LogP contribution < -0.4 is 0 Å². The first-order valence-corrected chi connectivity index (χ1v) is 7.75. The van der Waals surface area contributed by atoms with E-state index in [0.29, 0.717) is 0 Å². The van der Waals surface area contributed by atoms with Crippen LogP contribution in [0.2, 0.25) is 0 Å². The minimum atomic E-state index is -0.182. The zero-order valence-electron chi connectivity index (χ0n) is 12.2. The van der Waals surface area contributed by atoms with Gasteiger partial charge in [-0.1, -0.05) is 0 Å². The molecule has 0 radical (unpaired) electrons. The van der Waals surface area contributed by atoms with E-state index in [-0.39, 0.29) is 17.4 Å². The summed E-state index contributed by atoms with van der Waals surface area (Å²) in [7, 11) is 0. The van der Waals surface area contributed by atoms with Crippen molar-refractivity contribution in [2.75, 3.05) is 52.4 Å². The average molecular weight is 266 g/mol. The second-order valence-corrected chi connectivity index (χ2v) is 6.92. The van der Waals surface area contributed by atoms with E-state index < -0.39 is 0 Å². The molecular weight excluding hydrogens is 240 g/mol. The molecule has 5 nitrogen and oxygen atoms in total. The lowest BCUT2D eigenvalue weighted by Gasteiger charge is -2.73. The zero-order valence-corrected chi connectivity index (χ0v) is 12.2. The second kappa shape index (κ2) is 3.92. The molecule has 0 bridgehead atoms. The smallest absolute Gasteiger partial charge is 0.104 e. The molecule has 108 valence electrons. The summed E-state index contributed by atoms with van der Waals surface area (Å²) < 4.78 is 0. The number of rotatable bonds is 0. The highest BCUT2D eigenvalue weighted by Crippen LogP contribution is 2.47. The number of nitrogens with zero attached hydrogens (tertiary/aromatic N) is 4. The van der Waals surface area contributed by atoms with Gasteiger partial charge in [-0.25, -0.2) is 0 Å². The molecule has 1 N–H and O–H groups in total. The summed E-state index contributed by atoms with van der Waals surface area (Å²) in [5.74, 6) is 0. The number of piperazine rings is 2. The molecule has 4 aliphatic rings. The molecule has 4 fully saturated rings. The van der Waals surface area contributed by atoms with Gasteiger partial charge in [-0.05, 0) is 20.3 Å². The summed E-state index contributed by atoms with van der Waals surface area (Å²) >= 11 is 0. The van der Waals surface area contributed by atoms with E-state index >= 15 is 0 Å². The first-order chi connectivity index (χ1) is 9.06. The Labute approximate surface area is 115 Å². The van der Waals surface area contributed by atoms with Crippen LogP contribution in [0.15, 0.2) is 0 Å². The standard InChI is InChI=1S/C14H26N4O/c1-13-14(2)17-8-6-15(13)4-3-5-16(13)7-9-18(14)11-12(19)10-17/h12,19H,3-11H2,1-2H3. The van der Waals surface area contributed by atoms with Crippen LogP contribution in [0.1, 0.15) is 20.3 Å². The van der Waals surface area contributed by atoms with Gasteiger partial charge in [0.05, 0.1) is 6.10 Å². The minimum Gasteiger partial charge on any atom is -0.390 e. The summed E-state index contributed by atoms with van der Waals surface area (Å²) in [6.07, 6.45) is 1.12. The summed E-state index contributed by atoms with van der Waals surface area (Å²) in [5, 5.41) is 10.2. The first-order valence-electron chi connectivity index (χ1n) is 7.75. The minimum absolute atomic E-state index is 0.0587. The predicted molar refractivity (Wildman–Crippen MR) is 73.7 cm³/mol. The van der Waals surface area contributed by atoms with Crippen molar-refractivity contribution in [3.05, 3.63) is 0 Å². The molecule has 0 aromatic heterocycles. The largest absolute Gasteiger partial charge is 0.390 e. The molecule has 19 heavy (non-hydrogen) atoms. The highest BCUT2D eigenvalue weighted by Gasteiger charge is 2.64. The van der Waals surface area contributed by atoms with Crippen LogP contribution in [0, 0.1) is 0 Å². The van der Waals surface area contributed by atoms with Gasteiger partial charge in [-0.3, -0.25) is 19.6 Å². The van der Waals surface area contributed by atoms with Crippen LogP contribution in [0.5, 0.6) is 0 Å². The lowest BCUT2D eigenvalue weighted by atomic mass is 9.80. The van der Waals surface area contributed by atoms with Crippen molar-refractivity contribution in [1.82, 2.24) is 19.6 Å². The fourth-order valence-corrected chi connectivity index (χ4v) is 5.17. The Morgan fingerprint density at radius 3 is 1.68 bits per heavy atom. The Morgan fingerprint density at radius 2 is 1.16 bits per heavy atom. The Hall–Kier alpha value is -0.200. The Balaban J connectivity index is 1.80. The normalized spacial score (nSPS) is 49.1. The Bertz CT molecular complexity index is 362. The maximum absolute atomic E-state index is 10.2. The van der Waals surface area contributed by atoms with Crippen molar-refractivity contribution in [3.8, 4) is 0 Å². The predicted octanol–water partition coefficient (Wildman–Crippen LogP) is -0.568. The molecule has 0 aromatic rings. The van der Waals surface area contributed by atoms with Gasteiger partial charge in [-0.2, -0.15) is 0 Å². The number of hydrogen-bond donors (Lipinski definition) is 1. The molecule has 0 saturated carbocycles. The number of aliphatic hydroxyl groups is 1. The lowest BCUT2D eigenvalue weighted by Crippen LogP contribution is -2.90. The van der Waals surface area contributed by atoms with Gasteiger partial charge in [-0.15, -0.1) is 0 Å². The van der Waals surface area contributed by atoms with Gasteiger partial charge in [0.25, 0.3) is 0 Å². The third kappa shape index (κ3) is 1.38. The van der Waals surface area contributed by atoms with E-state index in [0.717, 1.165) is 39.3 Å². The Kier molecular flexibility index (Phi) is 2.59. The van der Waals surface area contributed by atoms with Gasteiger partial charge in [0.2, 0.25) is 0 Å². The SMILES string of the molecule is CC12N3CCCN1CCN1CC(O)CN(CC3)C12C. The van der Waals surface area contributed by atoms with E-state index in [9.17, 15) is 5.11 Å². The van der Waals surface area contributed by atoms with Crippen LogP contribution in [-0.4, -0.2) is 94.5 Å². The lowest BCUT2D eigenvalue weighted by molar-refractivity contribution is -0.295. The molecule has 0 atom stereocenters. The molecule has 0 aliphatic carbocycles. The van der Waals surface area contributed by atoms with E-state index in [1.807, 2.05) is 0 Å². The molecule has 0 spiro atoms. The van der Waals surface area contributed by atoms with E-state index in [2.05, 4.69) is 33.4 Å². The monoisotopic (exact) mass is 266 g/mol. The van der Waals surface area contributed by atoms with Crippen LogP contribution in [0.3, 0.4) is 0 Å². The topological polar surface area (TPSA) is 33.2 Å². The summed E-state index contributed by atoms with van der Waals surface area (Å²) in [6.45, 7) is 13.4. The summed E-state index contributed by atoms with van der Waals surface area (Å²) in [4.78, 5) is 10.5. The fraction of sp³-hybridized carbons (Fsp3) is 1.00. The molecule has 0 amide bonds. The third-order valence-electron chi connectivity index (χ3n) is 6.36. The molecule has 5 heteroatoms. The van der Waals surface area contributed by atoms with Crippen molar-refractivity contribution < 1.29 is 5.11 Å². The first kappa shape index (κ1) is 12.5. The fourth-order valence-electron chi connectivity index (χ4n) is 5.17. The van der Waals surface area contributed by atoms with Crippen molar-refractivity contribution in [3.63, 3.8) is 0 Å². The van der Waals surface area contributed by atoms with Crippen LogP contribution in [-0.2, 0) is 0 Å². The molecule has 4 heterocycles. The van der Waals surface area contributed by atoms with E-state index in [1.54, 1.807) is 0 Å². The van der Waals surface area contributed by atoms with Crippen molar-refractivity contribution in [1.29, 1.82) is 0 Å². The van der Waals surface area contributed by atoms with Crippen molar-refractivity contribution >= 4 is 0 Å². The molecule has 4 saturated heterocycles. The van der Waals surface area contributed by atoms with Gasteiger partial charge >= 0.3 is 0 Å². The van der Waals surface area contributed by atoms with E-state index in [1.165, 1.54) is 19.5 Å². The maximum atomic E-state index is 10.2. The highest BCUT2D eigenvalue weighted by molar-refractivity contribution is 5.15. The quantitative estimate of drug-likeness (QED) is 0.635. The highest BCUT2D eigenvalue weighted by atomic mass is 16.3. The van der Waals surface area contributed by atoms with Gasteiger partial charge in [0, 0.05) is 52.4 Å². The molecule has 0 aromatic carbocycles. The number of hydrogen-bond acceptors (Lipinski definition) is 5. The van der Waals surface area contributed by atoms with Crippen LogP contribution in [0.25, 0.3) is 0 Å². The molecule has 4 rings (SSSR count). The molecular formula is C14H26N4O. The van der Waals surface area contributed by atoms with E-state index in [4.69, 9.17) is 0 Å². The summed E-state index contributed by atoms with van der Waals surface area (Å²) in [5.41, 5.74) is 0.172. The Morgan fingerprint density at radius 1 is 0.737 bits per heavy atom. The zero-order chi connectivity index (χ0) is 13.3.